The molecule has 0 aromatic rings. The molecule has 2 rings (SSSR count). The summed E-state index contributed by atoms with van der Waals surface area (Å²) in [5, 5.41) is 3.83. The quantitative estimate of drug-likeness (QED) is 0.764. The lowest BCUT2D eigenvalue weighted by molar-refractivity contribution is 0.165. The lowest BCUT2D eigenvalue weighted by Crippen LogP contribution is -2.49. The van der Waals surface area contributed by atoms with Gasteiger partial charge in [-0.25, -0.2) is 0 Å². The van der Waals surface area contributed by atoms with Gasteiger partial charge >= 0.3 is 0 Å². The molecule has 1 heterocycles. The van der Waals surface area contributed by atoms with E-state index in [4.69, 9.17) is 0 Å². The second-order valence-corrected chi connectivity index (χ2v) is 5.88. The molecule has 1 aliphatic heterocycles. The Balaban J connectivity index is 1.72. The molecule has 15 heavy (non-hydrogen) atoms. The molecule has 0 radical (unpaired) electrons. The van der Waals surface area contributed by atoms with Gasteiger partial charge in [-0.15, -0.1) is 0 Å². The summed E-state index contributed by atoms with van der Waals surface area (Å²) in [6, 6.07) is 1.49. The van der Waals surface area contributed by atoms with Gasteiger partial charge in [0, 0.05) is 18.6 Å². The summed E-state index contributed by atoms with van der Waals surface area (Å²) < 4.78 is 0. The summed E-state index contributed by atoms with van der Waals surface area (Å²) in [4.78, 5) is 2.45. The fourth-order valence-electron chi connectivity index (χ4n) is 2.89. The van der Waals surface area contributed by atoms with Crippen LogP contribution < -0.4 is 5.32 Å². The van der Waals surface area contributed by atoms with Crippen LogP contribution in [0.15, 0.2) is 0 Å². The van der Waals surface area contributed by atoms with Crippen molar-refractivity contribution in [3.05, 3.63) is 0 Å². The molecule has 1 aliphatic carbocycles. The molecule has 3 atom stereocenters. The third kappa shape index (κ3) is 3.46. The number of hydrogen-bond donors (Lipinski definition) is 1. The zero-order valence-electron chi connectivity index (χ0n) is 10.5. The predicted molar refractivity (Wildman–Crippen MR) is 65.0 cm³/mol. The van der Waals surface area contributed by atoms with Crippen molar-refractivity contribution in [3.8, 4) is 0 Å². The maximum Gasteiger partial charge on any atom is 0.0119 e. The maximum absolute atomic E-state index is 3.83. The summed E-state index contributed by atoms with van der Waals surface area (Å²) >= 11 is 0. The molecule has 1 saturated carbocycles. The van der Waals surface area contributed by atoms with Crippen LogP contribution in [0.1, 0.15) is 39.5 Å². The van der Waals surface area contributed by atoms with E-state index in [0.29, 0.717) is 0 Å². The van der Waals surface area contributed by atoms with E-state index in [1.165, 1.54) is 38.8 Å². The molecule has 2 heteroatoms. The van der Waals surface area contributed by atoms with Crippen LogP contribution in [-0.4, -0.2) is 37.1 Å². The van der Waals surface area contributed by atoms with Gasteiger partial charge in [-0.3, -0.25) is 0 Å². The van der Waals surface area contributed by atoms with E-state index < -0.39 is 0 Å². The molecule has 0 bridgehead atoms. The van der Waals surface area contributed by atoms with E-state index in [9.17, 15) is 0 Å². The molecule has 88 valence electrons. The first-order chi connectivity index (χ1) is 7.15. The lowest BCUT2D eigenvalue weighted by atomic mass is 9.93. The van der Waals surface area contributed by atoms with Crippen LogP contribution >= 0.6 is 0 Å². The Morgan fingerprint density at radius 2 is 2.07 bits per heavy atom. The van der Waals surface area contributed by atoms with Gasteiger partial charge in [-0.2, -0.15) is 0 Å². The predicted octanol–water partition coefficient (Wildman–Crippen LogP) is 2.10. The van der Waals surface area contributed by atoms with Gasteiger partial charge in [0.15, 0.2) is 0 Å². The molecule has 1 N–H and O–H groups in total. The summed E-state index contributed by atoms with van der Waals surface area (Å²) in [7, 11) is 2.24. The maximum atomic E-state index is 3.83. The fraction of sp³-hybridized carbons (Fsp3) is 1.00. The van der Waals surface area contributed by atoms with E-state index >= 15 is 0 Å². The highest BCUT2D eigenvalue weighted by Gasteiger charge is 2.28. The van der Waals surface area contributed by atoms with E-state index in [-0.39, 0.29) is 0 Å². The molecule has 2 aliphatic rings. The first kappa shape index (κ1) is 11.4. The van der Waals surface area contributed by atoms with Crippen LogP contribution in [0.25, 0.3) is 0 Å². The Labute approximate surface area is 94.4 Å². The highest BCUT2D eigenvalue weighted by atomic mass is 15.1. The van der Waals surface area contributed by atoms with Crippen LogP contribution in [0, 0.1) is 11.8 Å². The molecule has 0 aromatic carbocycles. The first-order valence-electron chi connectivity index (χ1n) is 6.59. The molecule has 3 unspecified atom stereocenters. The Bertz CT molecular complexity index is 201. The first-order valence-corrected chi connectivity index (χ1v) is 6.59. The van der Waals surface area contributed by atoms with Crippen molar-refractivity contribution in [3.63, 3.8) is 0 Å². The SMILES string of the molecule is CC(CC1CC1)NC1CCN(C)CC1C. The Kier molecular flexibility index (Phi) is 3.68. The van der Waals surface area contributed by atoms with Crippen molar-refractivity contribution >= 4 is 0 Å². The minimum Gasteiger partial charge on any atom is -0.311 e. The van der Waals surface area contributed by atoms with Gasteiger partial charge in [0.1, 0.15) is 0 Å². The van der Waals surface area contributed by atoms with Crippen molar-refractivity contribution in [1.29, 1.82) is 0 Å². The van der Waals surface area contributed by atoms with Crippen LogP contribution in [0.2, 0.25) is 0 Å². The largest absolute Gasteiger partial charge is 0.311 e. The van der Waals surface area contributed by atoms with Gasteiger partial charge in [0.25, 0.3) is 0 Å². The molecular weight excluding hydrogens is 184 g/mol. The van der Waals surface area contributed by atoms with Crippen molar-refractivity contribution in [1.82, 2.24) is 10.2 Å². The normalized spacial score (nSPS) is 35.4. The number of nitrogens with one attached hydrogen (secondary N) is 1. The smallest absolute Gasteiger partial charge is 0.0119 e. The van der Waals surface area contributed by atoms with E-state index in [1.807, 2.05) is 0 Å². The van der Waals surface area contributed by atoms with Crippen molar-refractivity contribution < 1.29 is 0 Å². The van der Waals surface area contributed by atoms with E-state index in [0.717, 1.165) is 23.9 Å². The number of nitrogens with zero attached hydrogens (tertiary/aromatic N) is 1. The monoisotopic (exact) mass is 210 g/mol. The molecule has 2 nitrogen and oxygen atoms in total. The Morgan fingerprint density at radius 1 is 1.33 bits per heavy atom. The van der Waals surface area contributed by atoms with Crippen molar-refractivity contribution in [2.24, 2.45) is 11.8 Å². The van der Waals surface area contributed by atoms with E-state index in [2.05, 4.69) is 31.1 Å². The highest BCUT2D eigenvalue weighted by molar-refractivity contribution is 4.85. The second-order valence-electron chi connectivity index (χ2n) is 5.88. The molecule has 1 saturated heterocycles. The molecular formula is C13H26N2. The van der Waals surface area contributed by atoms with Gasteiger partial charge in [-0.1, -0.05) is 19.8 Å². The summed E-state index contributed by atoms with van der Waals surface area (Å²) in [5.41, 5.74) is 0. The Hall–Kier alpha value is -0.0800. The average Bonchev–Trinajstić information content (AvgIpc) is 2.94. The average molecular weight is 210 g/mol. The molecule has 0 aromatic heterocycles. The zero-order valence-corrected chi connectivity index (χ0v) is 10.5. The highest BCUT2D eigenvalue weighted by Crippen LogP contribution is 2.33. The molecule has 0 spiro atoms. The number of rotatable bonds is 4. The minimum atomic E-state index is 0.730. The van der Waals surface area contributed by atoms with Crippen LogP contribution in [0.5, 0.6) is 0 Å². The van der Waals surface area contributed by atoms with Crippen LogP contribution in [0.4, 0.5) is 0 Å². The standard InChI is InChI=1S/C13H26N2/c1-10-9-15(3)7-6-13(10)14-11(2)8-12-4-5-12/h10-14H,4-9H2,1-3H3. The molecule has 2 fully saturated rings. The zero-order chi connectivity index (χ0) is 10.8. The van der Waals surface area contributed by atoms with E-state index in [1.54, 1.807) is 0 Å². The molecule has 0 amide bonds. The third-order valence-corrected chi connectivity index (χ3v) is 3.99. The number of likely N-dealkylation sites (tertiary alicyclic amines) is 1. The fourth-order valence-corrected chi connectivity index (χ4v) is 2.89. The van der Waals surface area contributed by atoms with Crippen molar-refractivity contribution in [2.75, 3.05) is 20.1 Å². The summed E-state index contributed by atoms with van der Waals surface area (Å²) in [6.45, 7) is 7.27. The number of piperidine rings is 1. The third-order valence-electron chi connectivity index (χ3n) is 3.99. The van der Waals surface area contributed by atoms with Gasteiger partial charge < -0.3 is 10.2 Å². The second kappa shape index (κ2) is 4.84. The van der Waals surface area contributed by atoms with Gasteiger partial charge in [0.2, 0.25) is 0 Å². The lowest BCUT2D eigenvalue weighted by Gasteiger charge is -2.37. The summed E-state index contributed by atoms with van der Waals surface area (Å²) in [6.07, 6.45) is 5.69. The summed E-state index contributed by atoms with van der Waals surface area (Å²) in [5.74, 6) is 1.86. The number of hydrogen-bond acceptors (Lipinski definition) is 2. The minimum absolute atomic E-state index is 0.730. The Morgan fingerprint density at radius 3 is 2.67 bits per heavy atom. The van der Waals surface area contributed by atoms with Gasteiger partial charge in [-0.05, 0) is 45.2 Å². The van der Waals surface area contributed by atoms with Crippen molar-refractivity contribution in [2.45, 2.75) is 51.6 Å². The van der Waals surface area contributed by atoms with Crippen LogP contribution in [-0.2, 0) is 0 Å². The van der Waals surface area contributed by atoms with Gasteiger partial charge in [0.05, 0.1) is 0 Å². The topological polar surface area (TPSA) is 15.3 Å². The van der Waals surface area contributed by atoms with Crippen LogP contribution in [0.3, 0.4) is 0 Å².